The molecule has 0 saturated carbocycles. The van der Waals surface area contributed by atoms with E-state index in [1.165, 1.54) is 5.57 Å². The number of hydrogen-bond donors (Lipinski definition) is 0. The van der Waals surface area contributed by atoms with Gasteiger partial charge in [-0.1, -0.05) is 42.3 Å². The Morgan fingerprint density at radius 1 is 0.850 bits per heavy atom. The summed E-state index contributed by atoms with van der Waals surface area (Å²) in [5, 5.41) is 0. The van der Waals surface area contributed by atoms with Gasteiger partial charge in [-0.2, -0.15) is 0 Å². The summed E-state index contributed by atoms with van der Waals surface area (Å²) < 4.78 is 0. The maximum Gasteiger partial charge on any atom is 0.0911 e. The van der Waals surface area contributed by atoms with Gasteiger partial charge in [0.05, 0.1) is 5.70 Å². The van der Waals surface area contributed by atoms with Crippen molar-refractivity contribution >= 4 is 5.69 Å². The number of rotatable bonds is 2. The van der Waals surface area contributed by atoms with Crippen molar-refractivity contribution in [1.29, 1.82) is 0 Å². The van der Waals surface area contributed by atoms with Gasteiger partial charge in [-0.15, -0.1) is 0 Å². The first-order chi connectivity index (χ1) is 9.68. The first kappa shape index (κ1) is 14.0. The van der Waals surface area contributed by atoms with E-state index < -0.39 is 0 Å². The quantitative estimate of drug-likeness (QED) is 0.721. The molecule has 1 heteroatoms. The van der Waals surface area contributed by atoms with Crippen LogP contribution in [0.2, 0.25) is 0 Å². The zero-order chi connectivity index (χ0) is 14.4. The molecule has 0 spiro atoms. The highest BCUT2D eigenvalue weighted by Crippen LogP contribution is 2.18. The van der Waals surface area contributed by atoms with Gasteiger partial charge in [-0.25, -0.2) is 0 Å². The molecule has 0 unspecified atom stereocenters. The molecule has 0 amide bonds. The second-order valence-electron chi connectivity index (χ2n) is 4.86. The van der Waals surface area contributed by atoms with Crippen molar-refractivity contribution in [2.75, 3.05) is 11.9 Å². The molecule has 1 nitrogen and oxygen atoms in total. The molecule has 0 heterocycles. The fourth-order valence-electron chi connectivity index (χ4n) is 1.98. The maximum absolute atomic E-state index is 3.29. The molecule has 0 bridgehead atoms. The van der Waals surface area contributed by atoms with Gasteiger partial charge in [0.1, 0.15) is 0 Å². The van der Waals surface area contributed by atoms with Gasteiger partial charge in [0.15, 0.2) is 0 Å². The Kier molecular flexibility index (Phi) is 4.63. The lowest BCUT2D eigenvalue weighted by atomic mass is 10.2. The third-order valence-corrected chi connectivity index (χ3v) is 3.05. The van der Waals surface area contributed by atoms with Crippen LogP contribution in [0.1, 0.15) is 19.4 Å². The Bertz CT molecular complexity index is 638. The molecule has 100 valence electrons. The number of allylic oxidation sites excluding steroid dienone is 2. The summed E-state index contributed by atoms with van der Waals surface area (Å²) in [6, 6.07) is 20.4. The van der Waals surface area contributed by atoms with E-state index in [1.54, 1.807) is 0 Å². The fourth-order valence-corrected chi connectivity index (χ4v) is 1.98. The van der Waals surface area contributed by atoms with Crippen LogP contribution < -0.4 is 4.90 Å². The van der Waals surface area contributed by atoms with Gasteiger partial charge in [0.25, 0.3) is 0 Å². The van der Waals surface area contributed by atoms with Crippen LogP contribution in [0, 0.1) is 11.8 Å². The number of para-hydroxylation sites is 1. The van der Waals surface area contributed by atoms with Gasteiger partial charge in [0, 0.05) is 18.3 Å². The summed E-state index contributed by atoms with van der Waals surface area (Å²) in [6.45, 7) is 4.18. The van der Waals surface area contributed by atoms with E-state index in [0.29, 0.717) is 0 Å². The monoisotopic (exact) mass is 261 g/mol. The summed E-state index contributed by atoms with van der Waals surface area (Å²) in [6.07, 6.45) is 0. The van der Waals surface area contributed by atoms with Crippen molar-refractivity contribution in [3.05, 3.63) is 77.5 Å². The molecule has 2 rings (SSSR count). The van der Waals surface area contributed by atoms with E-state index in [1.807, 2.05) is 48.5 Å². The number of benzene rings is 2. The number of hydrogen-bond acceptors (Lipinski definition) is 1. The van der Waals surface area contributed by atoms with Crippen molar-refractivity contribution in [2.45, 2.75) is 13.8 Å². The van der Waals surface area contributed by atoms with E-state index in [-0.39, 0.29) is 0 Å². The molecular weight excluding hydrogens is 242 g/mol. The molecule has 2 aromatic rings. The van der Waals surface area contributed by atoms with E-state index in [2.05, 4.69) is 49.8 Å². The molecule has 0 atom stereocenters. The molecule has 0 saturated heterocycles. The fraction of sp³-hybridized carbons (Fsp3) is 0.158. The second-order valence-corrected chi connectivity index (χ2v) is 4.86. The van der Waals surface area contributed by atoms with Crippen LogP contribution in [-0.2, 0) is 0 Å². The molecule has 0 fully saturated rings. The van der Waals surface area contributed by atoms with Gasteiger partial charge in [0.2, 0.25) is 0 Å². The highest BCUT2D eigenvalue weighted by atomic mass is 15.1. The standard InChI is InChI=1S/C19H19N/c1-16(2)19(15-14-17-10-6-4-7-11-17)20(3)18-12-8-5-9-13-18/h4-13H,1-3H3. The van der Waals surface area contributed by atoms with Gasteiger partial charge in [-0.05, 0) is 49.6 Å². The van der Waals surface area contributed by atoms with Crippen LogP contribution in [0.25, 0.3) is 0 Å². The second kappa shape index (κ2) is 6.63. The van der Waals surface area contributed by atoms with Crippen LogP contribution in [0.4, 0.5) is 5.69 Å². The number of anilines is 1. The van der Waals surface area contributed by atoms with Crippen molar-refractivity contribution in [3.63, 3.8) is 0 Å². The smallest absolute Gasteiger partial charge is 0.0911 e. The minimum atomic E-state index is 1.03. The normalized spacial score (nSPS) is 9.35. The first-order valence-electron chi connectivity index (χ1n) is 6.72. The topological polar surface area (TPSA) is 3.24 Å². The summed E-state index contributed by atoms with van der Waals surface area (Å²) >= 11 is 0. The van der Waals surface area contributed by atoms with Crippen molar-refractivity contribution in [2.24, 2.45) is 0 Å². The molecule has 0 aromatic heterocycles. The first-order valence-corrected chi connectivity index (χ1v) is 6.72. The predicted molar refractivity (Wildman–Crippen MR) is 86.5 cm³/mol. The molecule has 0 aliphatic carbocycles. The average Bonchev–Trinajstić information content (AvgIpc) is 2.49. The molecular formula is C19H19N. The lowest BCUT2D eigenvalue weighted by Gasteiger charge is -2.20. The summed E-state index contributed by atoms with van der Waals surface area (Å²) in [5.74, 6) is 6.52. The number of nitrogens with zero attached hydrogens (tertiary/aromatic N) is 1. The van der Waals surface area contributed by atoms with Crippen molar-refractivity contribution in [3.8, 4) is 11.8 Å². The third kappa shape index (κ3) is 3.52. The minimum absolute atomic E-state index is 1.03. The molecule has 0 aliphatic rings. The molecule has 0 N–H and O–H groups in total. The predicted octanol–water partition coefficient (Wildman–Crippen LogP) is 4.47. The molecule has 20 heavy (non-hydrogen) atoms. The Morgan fingerprint density at radius 2 is 1.40 bits per heavy atom. The van der Waals surface area contributed by atoms with Gasteiger partial charge < -0.3 is 4.90 Å². The van der Waals surface area contributed by atoms with E-state index >= 15 is 0 Å². The average molecular weight is 261 g/mol. The molecule has 0 aliphatic heterocycles. The molecule has 0 radical (unpaired) electrons. The van der Waals surface area contributed by atoms with Crippen LogP contribution in [-0.4, -0.2) is 7.05 Å². The summed E-state index contributed by atoms with van der Waals surface area (Å²) in [4.78, 5) is 2.13. The van der Waals surface area contributed by atoms with Crippen LogP contribution in [0.5, 0.6) is 0 Å². The van der Waals surface area contributed by atoms with E-state index in [4.69, 9.17) is 0 Å². The van der Waals surface area contributed by atoms with Crippen LogP contribution >= 0.6 is 0 Å². The summed E-state index contributed by atoms with van der Waals surface area (Å²) in [7, 11) is 2.05. The zero-order valence-corrected chi connectivity index (χ0v) is 12.2. The van der Waals surface area contributed by atoms with Gasteiger partial charge in [-0.3, -0.25) is 0 Å². The largest absolute Gasteiger partial charge is 0.338 e. The van der Waals surface area contributed by atoms with Crippen molar-refractivity contribution < 1.29 is 0 Å². The van der Waals surface area contributed by atoms with E-state index in [0.717, 1.165) is 16.9 Å². The SMILES string of the molecule is CC(C)=C(C#Cc1ccccc1)N(C)c1ccccc1. The van der Waals surface area contributed by atoms with Gasteiger partial charge >= 0.3 is 0 Å². The van der Waals surface area contributed by atoms with Crippen LogP contribution in [0.3, 0.4) is 0 Å². The Balaban J connectivity index is 2.31. The molecule has 2 aromatic carbocycles. The lowest BCUT2D eigenvalue weighted by Crippen LogP contribution is -2.16. The Morgan fingerprint density at radius 3 is 1.95 bits per heavy atom. The van der Waals surface area contributed by atoms with E-state index in [9.17, 15) is 0 Å². The maximum atomic E-state index is 3.29. The highest BCUT2D eigenvalue weighted by molar-refractivity contribution is 5.57. The zero-order valence-electron chi connectivity index (χ0n) is 12.2. The minimum Gasteiger partial charge on any atom is -0.338 e. The highest BCUT2D eigenvalue weighted by Gasteiger charge is 2.05. The summed E-state index contributed by atoms with van der Waals surface area (Å²) in [5.41, 5.74) is 4.43. The Labute approximate surface area is 121 Å². The van der Waals surface area contributed by atoms with Crippen LogP contribution in [0.15, 0.2) is 71.9 Å². The van der Waals surface area contributed by atoms with Crippen molar-refractivity contribution in [1.82, 2.24) is 0 Å². The third-order valence-electron chi connectivity index (χ3n) is 3.05. The lowest BCUT2D eigenvalue weighted by molar-refractivity contribution is 1.11. The Hall–Kier alpha value is -2.46.